The Morgan fingerprint density at radius 1 is 1.21 bits per heavy atom. The van der Waals surface area contributed by atoms with Crippen LogP contribution in [0, 0.1) is 10.1 Å². The van der Waals surface area contributed by atoms with Gasteiger partial charge in [-0.1, -0.05) is 13.0 Å². The van der Waals surface area contributed by atoms with Crippen LogP contribution in [-0.2, 0) is 19.6 Å². The summed E-state index contributed by atoms with van der Waals surface area (Å²) < 4.78 is 31.5. The van der Waals surface area contributed by atoms with Crippen LogP contribution in [0.3, 0.4) is 0 Å². The number of nitrogens with one attached hydrogen (secondary N) is 2. The summed E-state index contributed by atoms with van der Waals surface area (Å²) in [6, 6.07) is 8.98. The first-order valence-corrected chi connectivity index (χ1v) is 10.4. The van der Waals surface area contributed by atoms with Gasteiger partial charge in [0.2, 0.25) is 10.0 Å². The average Bonchev–Trinajstić information content (AvgIpc) is 2.67. The minimum absolute atomic E-state index is 0.0340. The Labute approximate surface area is 174 Å². The molecule has 0 aromatic heterocycles. The van der Waals surface area contributed by atoms with Gasteiger partial charge < -0.3 is 10.1 Å². The molecule has 154 valence electrons. The highest BCUT2D eigenvalue weighted by molar-refractivity contribution is 9.10. The molecule has 0 unspecified atom stereocenters. The first-order valence-electron chi connectivity index (χ1n) is 8.14. The van der Waals surface area contributed by atoms with Crippen molar-refractivity contribution in [2.45, 2.75) is 11.8 Å². The summed E-state index contributed by atoms with van der Waals surface area (Å²) in [5.74, 6) is -1.55. The summed E-state index contributed by atoms with van der Waals surface area (Å²) in [7, 11) is -3.74. The highest BCUT2D eigenvalue weighted by atomic mass is 79.9. The average molecular weight is 486 g/mol. The number of hydrogen-bond donors (Lipinski definition) is 2. The zero-order valence-corrected chi connectivity index (χ0v) is 17.4. The molecule has 0 atom stereocenters. The van der Waals surface area contributed by atoms with Crippen LogP contribution in [0.25, 0.3) is 0 Å². The maximum Gasteiger partial charge on any atom is 0.338 e. The Kier molecular flexibility index (Phi) is 7.42. The van der Waals surface area contributed by atoms with E-state index >= 15 is 0 Å². The largest absolute Gasteiger partial charge is 0.452 e. The van der Waals surface area contributed by atoms with Crippen molar-refractivity contribution in [3.05, 3.63) is 62.6 Å². The number of benzene rings is 2. The molecule has 1 amide bonds. The van der Waals surface area contributed by atoms with E-state index in [-0.39, 0.29) is 32.9 Å². The molecule has 0 aliphatic heterocycles. The van der Waals surface area contributed by atoms with Gasteiger partial charge in [0.1, 0.15) is 0 Å². The van der Waals surface area contributed by atoms with Gasteiger partial charge in [-0.2, -0.15) is 0 Å². The number of nitrogens with zero attached hydrogens (tertiary/aromatic N) is 1. The van der Waals surface area contributed by atoms with Crippen molar-refractivity contribution in [1.29, 1.82) is 0 Å². The van der Waals surface area contributed by atoms with Gasteiger partial charge in [-0.15, -0.1) is 0 Å². The number of carbonyl (C=O) groups is 2. The van der Waals surface area contributed by atoms with Crippen LogP contribution in [0.15, 0.2) is 51.8 Å². The van der Waals surface area contributed by atoms with Crippen molar-refractivity contribution in [1.82, 2.24) is 4.72 Å². The highest BCUT2D eigenvalue weighted by Crippen LogP contribution is 2.27. The molecule has 12 heteroatoms. The van der Waals surface area contributed by atoms with Gasteiger partial charge in [-0.05, 0) is 40.2 Å². The summed E-state index contributed by atoms with van der Waals surface area (Å²) in [6.45, 7) is 1.18. The molecule has 0 fully saturated rings. The molecule has 0 radical (unpaired) electrons. The smallest absolute Gasteiger partial charge is 0.338 e. The lowest BCUT2D eigenvalue weighted by Crippen LogP contribution is -2.24. The van der Waals surface area contributed by atoms with Gasteiger partial charge in [0.05, 0.1) is 21.1 Å². The molecule has 0 bridgehead atoms. The van der Waals surface area contributed by atoms with Gasteiger partial charge in [0.25, 0.3) is 11.6 Å². The second kappa shape index (κ2) is 9.58. The lowest BCUT2D eigenvalue weighted by molar-refractivity contribution is -0.384. The predicted octanol–water partition coefficient (Wildman–Crippen LogP) is 2.45. The van der Waals surface area contributed by atoms with E-state index in [1.165, 1.54) is 36.4 Å². The summed E-state index contributed by atoms with van der Waals surface area (Å²) in [5, 5.41) is 13.2. The number of rotatable bonds is 8. The summed E-state index contributed by atoms with van der Waals surface area (Å²) in [6.07, 6.45) is 0. The van der Waals surface area contributed by atoms with E-state index in [0.29, 0.717) is 0 Å². The molecule has 0 saturated heterocycles. The Bertz CT molecular complexity index is 1060. The van der Waals surface area contributed by atoms with E-state index in [0.717, 1.165) is 6.07 Å². The Balaban J connectivity index is 2.01. The van der Waals surface area contributed by atoms with Gasteiger partial charge in [-0.3, -0.25) is 14.9 Å². The van der Waals surface area contributed by atoms with Crippen molar-refractivity contribution in [3.8, 4) is 0 Å². The number of halogens is 1. The number of sulfonamides is 1. The first-order chi connectivity index (χ1) is 13.6. The molecule has 0 aliphatic rings. The number of nitro groups is 1. The minimum atomic E-state index is -3.74. The molecule has 0 spiro atoms. The molecule has 0 heterocycles. The number of nitro benzene ring substituents is 1. The number of carbonyl (C=O) groups excluding carboxylic acids is 2. The van der Waals surface area contributed by atoms with Crippen LogP contribution in [0.2, 0.25) is 0 Å². The number of anilines is 1. The molecule has 0 aliphatic carbocycles. The van der Waals surface area contributed by atoms with Crippen molar-refractivity contribution in [2.24, 2.45) is 0 Å². The molecular formula is C17H16BrN3O7S. The fourth-order valence-electron chi connectivity index (χ4n) is 2.18. The number of non-ortho nitro benzene ring substituents is 1. The Morgan fingerprint density at radius 2 is 1.93 bits per heavy atom. The molecule has 2 N–H and O–H groups in total. The molecule has 10 nitrogen and oxygen atoms in total. The summed E-state index contributed by atoms with van der Waals surface area (Å²) in [5.41, 5.74) is 0.0670. The molecule has 0 saturated carbocycles. The van der Waals surface area contributed by atoms with Crippen LogP contribution in [0.4, 0.5) is 11.4 Å². The normalized spacial score (nSPS) is 11.0. The zero-order valence-electron chi connectivity index (χ0n) is 15.0. The quantitative estimate of drug-likeness (QED) is 0.331. The van der Waals surface area contributed by atoms with Crippen molar-refractivity contribution < 1.29 is 27.7 Å². The van der Waals surface area contributed by atoms with Gasteiger partial charge in [-0.25, -0.2) is 17.9 Å². The van der Waals surface area contributed by atoms with Crippen LogP contribution >= 0.6 is 15.9 Å². The number of ether oxygens (including phenoxy) is 1. The van der Waals surface area contributed by atoms with E-state index < -0.39 is 33.4 Å². The Hall–Kier alpha value is -2.83. The molecule has 2 aromatic carbocycles. The fourth-order valence-corrected chi connectivity index (χ4v) is 3.74. The minimum Gasteiger partial charge on any atom is -0.452 e. The maximum absolute atomic E-state index is 12.1. The second-order valence-electron chi connectivity index (χ2n) is 5.57. The second-order valence-corrected chi connectivity index (χ2v) is 8.20. The summed E-state index contributed by atoms with van der Waals surface area (Å²) >= 11 is 3.11. The predicted molar refractivity (Wildman–Crippen MR) is 107 cm³/mol. The third-order valence-corrected chi connectivity index (χ3v) is 5.69. The van der Waals surface area contributed by atoms with E-state index in [2.05, 4.69) is 26.0 Å². The van der Waals surface area contributed by atoms with E-state index in [4.69, 9.17) is 4.74 Å². The van der Waals surface area contributed by atoms with Crippen molar-refractivity contribution in [3.63, 3.8) is 0 Å². The lowest BCUT2D eigenvalue weighted by Gasteiger charge is -2.09. The number of esters is 1. The van der Waals surface area contributed by atoms with Crippen LogP contribution in [-0.4, -0.2) is 38.4 Å². The Morgan fingerprint density at radius 3 is 2.55 bits per heavy atom. The molecule has 2 aromatic rings. The van der Waals surface area contributed by atoms with Crippen LogP contribution in [0.5, 0.6) is 0 Å². The standard InChI is InChI=1S/C17H16BrN3O7S/c1-2-19-29(26,27)13-5-3-4-11(8-13)17(23)28-10-16(22)20-15-7-6-12(21(24)25)9-14(15)18/h3-9,19H,2,10H2,1H3,(H,20,22). The SMILES string of the molecule is CCNS(=O)(=O)c1cccc(C(=O)OCC(=O)Nc2ccc([N+](=O)[O-])cc2Br)c1. The van der Waals surface area contributed by atoms with Crippen molar-refractivity contribution in [2.75, 3.05) is 18.5 Å². The first kappa shape index (κ1) is 22.5. The fraction of sp³-hybridized carbons (Fsp3) is 0.176. The molecular weight excluding hydrogens is 470 g/mol. The van der Waals surface area contributed by atoms with E-state index in [9.17, 15) is 28.1 Å². The van der Waals surface area contributed by atoms with E-state index in [1.807, 2.05) is 0 Å². The highest BCUT2D eigenvalue weighted by Gasteiger charge is 2.17. The van der Waals surface area contributed by atoms with Crippen LogP contribution < -0.4 is 10.0 Å². The van der Waals surface area contributed by atoms with E-state index in [1.54, 1.807) is 6.92 Å². The van der Waals surface area contributed by atoms with Gasteiger partial charge in [0.15, 0.2) is 6.61 Å². The molecule has 2 rings (SSSR count). The van der Waals surface area contributed by atoms with Crippen molar-refractivity contribution >= 4 is 49.2 Å². The third kappa shape index (κ3) is 6.07. The van der Waals surface area contributed by atoms with Gasteiger partial charge in [0, 0.05) is 23.2 Å². The monoisotopic (exact) mass is 485 g/mol. The topological polar surface area (TPSA) is 145 Å². The number of amides is 1. The number of hydrogen-bond acceptors (Lipinski definition) is 7. The zero-order chi connectivity index (χ0) is 21.6. The maximum atomic E-state index is 12.1. The van der Waals surface area contributed by atoms with Gasteiger partial charge >= 0.3 is 5.97 Å². The third-order valence-electron chi connectivity index (χ3n) is 3.49. The molecule has 29 heavy (non-hydrogen) atoms. The summed E-state index contributed by atoms with van der Waals surface area (Å²) in [4.78, 5) is 34.1. The lowest BCUT2D eigenvalue weighted by atomic mass is 10.2. The van der Waals surface area contributed by atoms with Crippen LogP contribution in [0.1, 0.15) is 17.3 Å².